The van der Waals surface area contributed by atoms with E-state index in [1.165, 1.54) is 0 Å². The Morgan fingerprint density at radius 2 is 1.83 bits per heavy atom. The van der Waals surface area contributed by atoms with E-state index in [0.717, 1.165) is 6.42 Å². The molecular weight excluding hydrogens is 247 g/mol. The first-order valence-electron chi connectivity index (χ1n) is 5.91. The fraction of sp³-hybridized carbons (Fsp3) is 0.818. The Kier molecular flexibility index (Phi) is 3.12. The van der Waals surface area contributed by atoms with Crippen LogP contribution in [0.4, 0.5) is 13.2 Å². The smallest absolute Gasteiger partial charge is 0.329 e. The summed E-state index contributed by atoms with van der Waals surface area (Å²) in [5, 5.41) is 3.42. The summed E-state index contributed by atoms with van der Waals surface area (Å²) < 4.78 is 41.5. The maximum atomic E-state index is 12.4. The average Bonchev–Trinajstić information content (AvgIpc) is 2.62. The Hall–Kier alpha value is -1.11. The van der Waals surface area contributed by atoms with Crippen LogP contribution in [0.3, 0.4) is 0 Å². The molecule has 102 valence electrons. The Morgan fingerprint density at radius 1 is 1.28 bits per heavy atom. The third-order valence-electron chi connectivity index (χ3n) is 3.34. The van der Waals surface area contributed by atoms with E-state index in [1.54, 1.807) is 0 Å². The van der Waals surface area contributed by atoms with E-state index in [0.29, 0.717) is 24.7 Å². The van der Waals surface area contributed by atoms with Crippen LogP contribution in [0.5, 0.6) is 0 Å². The van der Waals surface area contributed by atoms with Crippen molar-refractivity contribution in [2.45, 2.75) is 44.8 Å². The van der Waals surface area contributed by atoms with Crippen LogP contribution in [0.2, 0.25) is 0 Å². The lowest BCUT2D eigenvalue weighted by molar-refractivity contribution is -0.159. The first-order valence-corrected chi connectivity index (χ1v) is 5.91. The summed E-state index contributed by atoms with van der Waals surface area (Å²) in [5.74, 6) is -0.681. The summed E-state index contributed by atoms with van der Waals surface area (Å²) in [6.07, 6.45) is -2.45. The highest BCUT2D eigenvalue weighted by Crippen LogP contribution is 2.40. The minimum atomic E-state index is -4.62. The van der Waals surface area contributed by atoms with Crippen molar-refractivity contribution in [1.29, 1.82) is 0 Å². The van der Waals surface area contributed by atoms with Gasteiger partial charge in [0.1, 0.15) is 0 Å². The molecule has 2 atom stereocenters. The minimum absolute atomic E-state index is 0.0341. The predicted molar refractivity (Wildman–Crippen MR) is 57.3 cm³/mol. The molecule has 0 spiro atoms. The molecular formula is C11H16F3N3O. The summed E-state index contributed by atoms with van der Waals surface area (Å²) in [6, 6.07) is 0. The van der Waals surface area contributed by atoms with Gasteiger partial charge in [0.2, 0.25) is 0 Å². The molecule has 1 aliphatic rings. The standard InChI is InChI=1S/C11H16F3N3O/c1-6-3-7(2)5-10(15,4-6)8-16-9(18-17-8)11(12,13)14/h6-7H,3-5,15H2,1-2H3. The maximum Gasteiger partial charge on any atom is 0.471 e. The number of hydrogen-bond acceptors (Lipinski definition) is 4. The molecule has 2 unspecified atom stereocenters. The molecule has 0 bridgehead atoms. The number of halogens is 3. The molecule has 1 aliphatic carbocycles. The predicted octanol–water partition coefficient (Wildman–Crippen LogP) is 2.70. The molecule has 0 amide bonds. The summed E-state index contributed by atoms with van der Waals surface area (Å²) in [6.45, 7) is 4.06. The summed E-state index contributed by atoms with van der Waals surface area (Å²) in [5.41, 5.74) is 5.25. The Labute approximate surface area is 103 Å². The molecule has 1 fully saturated rings. The van der Waals surface area contributed by atoms with Crippen molar-refractivity contribution < 1.29 is 17.7 Å². The van der Waals surface area contributed by atoms with Gasteiger partial charge >= 0.3 is 12.1 Å². The van der Waals surface area contributed by atoms with Crippen molar-refractivity contribution in [1.82, 2.24) is 10.1 Å². The molecule has 1 aromatic heterocycles. The number of rotatable bonds is 1. The number of aromatic nitrogens is 2. The van der Waals surface area contributed by atoms with Crippen molar-refractivity contribution in [3.63, 3.8) is 0 Å². The first kappa shape index (κ1) is 13.3. The van der Waals surface area contributed by atoms with E-state index in [1.807, 2.05) is 13.8 Å². The van der Waals surface area contributed by atoms with Crippen LogP contribution in [0.15, 0.2) is 4.52 Å². The first-order chi connectivity index (χ1) is 8.21. The Bertz CT molecular complexity index is 419. The fourth-order valence-electron chi connectivity index (χ4n) is 2.90. The SMILES string of the molecule is CC1CC(C)CC(N)(c2noc(C(F)(F)F)n2)C1. The molecule has 2 rings (SSSR count). The molecule has 7 heteroatoms. The molecule has 1 heterocycles. The van der Waals surface area contributed by atoms with Gasteiger partial charge in [0.25, 0.3) is 0 Å². The van der Waals surface area contributed by atoms with Gasteiger partial charge in [0, 0.05) is 0 Å². The lowest BCUT2D eigenvalue weighted by atomic mass is 9.72. The topological polar surface area (TPSA) is 64.9 Å². The van der Waals surface area contributed by atoms with Crippen molar-refractivity contribution >= 4 is 0 Å². The van der Waals surface area contributed by atoms with Gasteiger partial charge in [-0.1, -0.05) is 19.0 Å². The van der Waals surface area contributed by atoms with Gasteiger partial charge in [-0.15, -0.1) is 0 Å². The van der Waals surface area contributed by atoms with Crippen LogP contribution < -0.4 is 5.73 Å². The second-order valence-electron chi connectivity index (χ2n) is 5.43. The van der Waals surface area contributed by atoms with E-state index in [9.17, 15) is 13.2 Å². The number of alkyl halides is 3. The second-order valence-corrected chi connectivity index (χ2v) is 5.43. The lowest BCUT2D eigenvalue weighted by Gasteiger charge is -2.37. The van der Waals surface area contributed by atoms with Gasteiger partial charge < -0.3 is 10.3 Å². The molecule has 0 radical (unpaired) electrons. The molecule has 18 heavy (non-hydrogen) atoms. The zero-order valence-corrected chi connectivity index (χ0v) is 10.3. The largest absolute Gasteiger partial charge is 0.471 e. The number of hydrogen-bond donors (Lipinski definition) is 1. The summed E-state index contributed by atoms with van der Waals surface area (Å²) in [4.78, 5) is 3.42. The van der Waals surface area contributed by atoms with Crippen molar-refractivity contribution in [3.8, 4) is 0 Å². The van der Waals surface area contributed by atoms with Gasteiger partial charge in [-0.3, -0.25) is 0 Å². The average molecular weight is 263 g/mol. The van der Waals surface area contributed by atoms with E-state index in [4.69, 9.17) is 5.73 Å². The van der Waals surface area contributed by atoms with Gasteiger partial charge in [0.05, 0.1) is 5.54 Å². The van der Waals surface area contributed by atoms with Gasteiger partial charge in [0.15, 0.2) is 5.82 Å². The van der Waals surface area contributed by atoms with Gasteiger partial charge in [-0.25, -0.2) is 0 Å². The van der Waals surface area contributed by atoms with Gasteiger partial charge in [-0.05, 0) is 31.1 Å². The maximum absolute atomic E-state index is 12.4. The molecule has 1 saturated carbocycles. The van der Waals surface area contributed by atoms with Crippen LogP contribution in [0.25, 0.3) is 0 Å². The van der Waals surface area contributed by atoms with E-state index in [-0.39, 0.29) is 5.82 Å². The zero-order chi connectivity index (χ0) is 13.6. The normalized spacial score (nSPS) is 33.7. The second kappa shape index (κ2) is 4.22. The van der Waals surface area contributed by atoms with Crippen LogP contribution in [0.1, 0.15) is 44.8 Å². The third-order valence-corrected chi connectivity index (χ3v) is 3.34. The van der Waals surface area contributed by atoms with Crippen molar-refractivity contribution in [2.24, 2.45) is 17.6 Å². The Morgan fingerprint density at radius 3 is 2.28 bits per heavy atom. The molecule has 0 aliphatic heterocycles. The van der Waals surface area contributed by atoms with E-state index in [2.05, 4.69) is 14.7 Å². The van der Waals surface area contributed by atoms with E-state index < -0.39 is 17.6 Å². The molecule has 4 nitrogen and oxygen atoms in total. The highest BCUT2D eigenvalue weighted by atomic mass is 19.4. The van der Waals surface area contributed by atoms with Crippen LogP contribution in [-0.2, 0) is 11.7 Å². The monoisotopic (exact) mass is 263 g/mol. The summed E-state index contributed by atoms with van der Waals surface area (Å²) in [7, 11) is 0. The molecule has 1 aromatic rings. The number of nitrogens with zero attached hydrogens (tertiary/aromatic N) is 2. The molecule has 0 aromatic carbocycles. The van der Waals surface area contributed by atoms with Crippen molar-refractivity contribution in [2.75, 3.05) is 0 Å². The fourth-order valence-corrected chi connectivity index (χ4v) is 2.90. The molecule has 2 N–H and O–H groups in total. The van der Waals surface area contributed by atoms with Crippen LogP contribution >= 0.6 is 0 Å². The van der Waals surface area contributed by atoms with Crippen LogP contribution in [0, 0.1) is 11.8 Å². The highest BCUT2D eigenvalue weighted by molar-refractivity contribution is 5.07. The zero-order valence-electron chi connectivity index (χ0n) is 10.3. The summed E-state index contributed by atoms with van der Waals surface area (Å²) >= 11 is 0. The van der Waals surface area contributed by atoms with Gasteiger partial charge in [-0.2, -0.15) is 18.2 Å². The lowest BCUT2D eigenvalue weighted by Crippen LogP contribution is -2.44. The highest BCUT2D eigenvalue weighted by Gasteiger charge is 2.44. The van der Waals surface area contributed by atoms with Crippen molar-refractivity contribution in [3.05, 3.63) is 11.7 Å². The van der Waals surface area contributed by atoms with E-state index >= 15 is 0 Å². The number of nitrogens with two attached hydrogens (primary N) is 1. The Balaban J connectivity index is 2.27. The molecule has 0 saturated heterocycles. The van der Waals surface area contributed by atoms with Crippen LogP contribution in [-0.4, -0.2) is 10.1 Å². The quantitative estimate of drug-likeness (QED) is 0.846. The third kappa shape index (κ3) is 2.50. The minimum Gasteiger partial charge on any atom is -0.329 e.